The SMILES string of the molecule is OC[C@H](O)COc1cc2ccccc2cc1OCc1ccccc1. The van der Waals surface area contributed by atoms with Gasteiger partial charge >= 0.3 is 0 Å². The Morgan fingerprint density at radius 1 is 0.792 bits per heavy atom. The minimum absolute atomic E-state index is 0.0105. The molecule has 0 aliphatic carbocycles. The second kappa shape index (κ2) is 7.81. The third kappa shape index (κ3) is 4.04. The summed E-state index contributed by atoms with van der Waals surface area (Å²) in [6.07, 6.45) is -0.918. The van der Waals surface area contributed by atoms with Crippen LogP contribution in [-0.4, -0.2) is 29.5 Å². The Labute approximate surface area is 140 Å². The molecule has 0 spiro atoms. The van der Waals surface area contributed by atoms with E-state index in [0.29, 0.717) is 18.1 Å². The monoisotopic (exact) mass is 324 g/mol. The van der Waals surface area contributed by atoms with Gasteiger partial charge in [-0.05, 0) is 28.5 Å². The van der Waals surface area contributed by atoms with Crippen LogP contribution in [0.3, 0.4) is 0 Å². The lowest BCUT2D eigenvalue weighted by atomic mass is 10.1. The van der Waals surface area contributed by atoms with Gasteiger partial charge in [-0.2, -0.15) is 0 Å². The first-order valence-corrected chi connectivity index (χ1v) is 7.87. The summed E-state index contributed by atoms with van der Waals surface area (Å²) < 4.78 is 11.6. The Morgan fingerprint density at radius 3 is 2.00 bits per heavy atom. The van der Waals surface area contributed by atoms with Crippen molar-refractivity contribution in [1.29, 1.82) is 0 Å². The van der Waals surface area contributed by atoms with Crippen molar-refractivity contribution in [3.63, 3.8) is 0 Å². The van der Waals surface area contributed by atoms with E-state index in [9.17, 15) is 5.11 Å². The topological polar surface area (TPSA) is 58.9 Å². The lowest BCUT2D eigenvalue weighted by Crippen LogP contribution is -2.21. The molecule has 0 amide bonds. The molecule has 0 aromatic heterocycles. The number of ether oxygens (including phenoxy) is 2. The van der Waals surface area contributed by atoms with E-state index in [0.717, 1.165) is 16.3 Å². The van der Waals surface area contributed by atoms with Gasteiger partial charge in [0.25, 0.3) is 0 Å². The zero-order valence-corrected chi connectivity index (χ0v) is 13.3. The number of benzene rings is 3. The summed E-state index contributed by atoms with van der Waals surface area (Å²) in [5.41, 5.74) is 1.06. The van der Waals surface area contributed by atoms with E-state index < -0.39 is 6.10 Å². The maximum atomic E-state index is 9.52. The second-order valence-corrected chi connectivity index (χ2v) is 5.57. The fraction of sp³-hybridized carbons (Fsp3) is 0.200. The van der Waals surface area contributed by atoms with Crippen molar-refractivity contribution in [3.05, 3.63) is 72.3 Å². The molecule has 0 aliphatic heterocycles. The van der Waals surface area contributed by atoms with Crippen molar-refractivity contribution >= 4 is 10.8 Å². The maximum Gasteiger partial charge on any atom is 0.162 e. The van der Waals surface area contributed by atoms with Gasteiger partial charge in [0.2, 0.25) is 0 Å². The molecule has 0 aliphatic rings. The van der Waals surface area contributed by atoms with Gasteiger partial charge in [-0.25, -0.2) is 0 Å². The van der Waals surface area contributed by atoms with Crippen LogP contribution >= 0.6 is 0 Å². The molecule has 2 N–H and O–H groups in total. The first kappa shape index (κ1) is 16.3. The van der Waals surface area contributed by atoms with Crippen LogP contribution in [0.2, 0.25) is 0 Å². The van der Waals surface area contributed by atoms with Gasteiger partial charge < -0.3 is 19.7 Å². The number of aliphatic hydroxyl groups is 2. The molecule has 3 aromatic rings. The van der Waals surface area contributed by atoms with Gasteiger partial charge in [-0.15, -0.1) is 0 Å². The lowest BCUT2D eigenvalue weighted by molar-refractivity contribution is 0.0524. The summed E-state index contributed by atoms with van der Waals surface area (Å²) in [6, 6.07) is 21.6. The molecule has 0 bridgehead atoms. The van der Waals surface area contributed by atoms with Crippen LogP contribution in [0.1, 0.15) is 5.56 Å². The van der Waals surface area contributed by atoms with Gasteiger partial charge in [0.15, 0.2) is 11.5 Å². The Bertz CT molecular complexity index is 786. The van der Waals surface area contributed by atoms with Crippen LogP contribution in [0.4, 0.5) is 0 Å². The predicted molar refractivity (Wildman–Crippen MR) is 93.3 cm³/mol. The zero-order valence-electron chi connectivity index (χ0n) is 13.3. The fourth-order valence-corrected chi connectivity index (χ4v) is 2.40. The van der Waals surface area contributed by atoms with Crippen LogP contribution in [0.5, 0.6) is 11.5 Å². The fourth-order valence-electron chi connectivity index (χ4n) is 2.40. The standard InChI is InChI=1S/C20H20O4/c21-12-18(22)14-24-20-11-17-9-5-4-8-16(17)10-19(20)23-13-15-6-2-1-3-7-15/h1-11,18,21-22H,12-14H2/t18-/m0/s1. The zero-order chi connectivity index (χ0) is 16.8. The molecule has 0 radical (unpaired) electrons. The van der Waals surface area contributed by atoms with Crippen molar-refractivity contribution in [2.24, 2.45) is 0 Å². The van der Waals surface area contributed by atoms with E-state index in [1.807, 2.05) is 66.7 Å². The largest absolute Gasteiger partial charge is 0.487 e. The molecule has 4 nitrogen and oxygen atoms in total. The third-order valence-corrected chi connectivity index (χ3v) is 3.69. The van der Waals surface area contributed by atoms with E-state index in [-0.39, 0.29) is 13.2 Å². The normalized spacial score (nSPS) is 12.1. The Balaban J connectivity index is 1.84. The van der Waals surface area contributed by atoms with Crippen molar-refractivity contribution in [3.8, 4) is 11.5 Å². The van der Waals surface area contributed by atoms with Crippen LogP contribution in [0.15, 0.2) is 66.7 Å². The first-order chi connectivity index (χ1) is 11.8. The molecule has 0 saturated heterocycles. The Kier molecular flexibility index (Phi) is 5.31. The van der Waals surface area contributed by atoms with E-state index in [4.69, 9.17) is 14.6 Å². The Morgan fingerprint density at radius 2 is 1.38 bits per heavy atom. The van der Waals surface area contributed by atoms with E-state index >= 15 is 0 Å². The molecule has 124 valence electrons. The second-order valence-electron chi connectivity index (χ2n) is 5.57. The van der Waals surface area contributed by atoms with Crippen molar-refractivity contribution < 1.29 is 19.7 Å². The average molecular weight is 324 g/mol. The first-order valence-electron chi connectivity index (χ1n) is 7.87. The van der Waals surface area contributed by atoms with Crippen molar-refractivity contribution in [2.75, 3.05) is 13.2 Å². The summed E-state index contributed by atoms with van der Waals surface area (Å²) in [7, 11) is 0. The molecule has 3 aromatic carbocycles. The van der Waals surface area contributed by atoms with E-state index in [1.165, 1.54) is 0 Å². The lowest BCUT2D eigenvalue weighted by Gasteiger charge is -2.15. The van der Waals surface area contributed by atoms with Gasteiger partial charge in [-0.3, -0.25) is 0 Å². The van der Waals surface area contributed by atoms with Gasteiger partial charge in [-0.1, -0.05) is 54.6 Å². The van der Waals surface area contributed by atoms with Crippen LogP contribution in [0.25, 0.3) is 10.8 Å². The molecule has 0 saturated carbocycles. The quantitative estimate of drug-likeness (QED) is 0.701. The van der Waals surface area contributed by atoms with Crippen LogP contribution < -0.4 is 9.47 Å². The summed E-state index contributed by atoms with van der Waals surface area (Å²) in [6.45, 7) is 0.0996. The summed E-state index contributed by atoms with van der Waals surface area (Å²) in [5, 5.41) is 20.5. The summed E-state index contributed by atoms with van der Waals surface area (Å²) in [4.78, 5) is 0. The molecular weight excluding hydrogens is 304 g/mol. The van der Waals surface area contributed by atoms with Crippen LogP contribution in [-0.2, 0) is 6.61 Å². The smallest absolute Gasteiger partial charge is 0.162 e. The maximum absolute atomic E-state index is 9.52. The molecular formula is C20H20O4. The predicted octanol–water partition coefficient (Wildman–Crippen LogP) is 3.15. The molecule has 1 atom stereocenters. The molecule has 0 heterocycles. The molecule has 3 rings (SSSR count). The summed E-state index contributed by atoms with van der Waals surface area (Å²) in [5.74, 6) is 1.17. The highest BCUT2D eigenvalue weighted by Crippen LogP contribution is 2.33. The van der Waals surface area contributed by atoms with Crippen molar-refractivity contribution in [1.82, 2.24) is 0 Å². The highest BCUT2D eigenvalue weighted by Gasteiger charge is 2.11. The third-order valence-electron chi connectivity index (χ3n) is 3.69. The Hall–Kier alpha value is -2.56. The average Bonchev–Trinajstić information content (AvgIpc) is 2.64. The minimum Gasteiger partial charge on any atom is -0.487 e. The van der Waals surface area contributed by atoms with Gasteiger partial charge in [0.1, 0.15) is 19.3 Å². The highest BCUT2D eigenvalue weighted by molar-refractivity contribution is 5.86. The van der Waals surface area contributed by atoms with E-state index in [1.54, 1.807) is 0 Å². The minimum atomic E-state index is -0.918. The van der Waals surface area contributed by atoms with E-state index in [2.05, 4.69) is 0 Å². The number of hydrogen-bond donors (Lipinski definition) is 2. The molecule has 0 fully saturated rings. The number of hydrogen-bond acceptors (Lipinski definition) is 4. The molecule has 24 heavy (non-hydrogen) atoms. The van der Waals surface area contributed by atoms with Crippen LogP contribution in [0, 0.1) is 0 Å². The highest BCUT2D eigenvalue weighted by atomic mass is 16.5. The summed E-state index contributed by atoms with van der Waals surface area (Å²) >= 11 is 0. The molecule has 4 heteroatoms. The molecule has 0 unspecified atom stereocenters. The number of aliphatic hydroxyl groups excluding tert-OH is 2. The number of fused-ring (bicyclic) bond motifs is 1. The van der Waals surface area contributed by atoms with Crippen molar-refractivity contribution in [2.45, 2.75) is 12.7 Å². The van der Waals surface area contributed by atoms with Gasteiger partial charge in [0.05, 0.1) is 6.61 Å². The number of rotatable bonds is 7. The van der Waals surface area contributed by atoms with Gasteiger partial charge in [0, 0.05) is 0 Å².